The predicted octanol–water partition coefficient (Wildman–Crippen LogP) is 5.23. The van der Waals surface area contributed by atoms with Gasteiger partial charge in [-0.1, -0.05) is 23.2 Å². The number of carboxylic acid groups (broad SMARTS) is 1. The van der Waals surface area contributed by atoms with E-state index in [2.05, 4.69) is 4.99 Å². The Labute approximate surface area is 148 Å². The maximum absolute atomic E-state index is 11.1. The highest BCUT2D eigenvalue weighted by atomic mass is 35.5. The van der Waals surface area contributed by atoms with Crippen LogP contribution in [0.25, 0.3) is 5.69 Å². The molecule has 1 N–H and O–H groups in total. The average Bonchev–Trinajstić information content (AvgIpc) is 3.03. The minimum atomic E-state index is -1.08. The van der Waals surface area contributed by atoms with Gasteiger partial charge in [0.1, 0.15) is 0 Å². The molecule has 0 aliphatic rings. The number of rotatable bonds is 4. The van der Waals surface area contributed by atoms with Gasteiger partial charge in [-0.05, 0) is 54.6 Å². The molecule has 0 bridgehead atoms. The minimum absolute atomic E-state index is 0.0272. The number of benzene rings is 2. The van der Waals surface area contributed by atoms with E-state index in [9.17, 15) is 4.79 Å². The summed E-state index contributed by atoms with van der Waals surface area (Å²) in [7, 11) is 0. The molecule has 0 fully saturated rings. The van der Waals surface area contributed by atoms with Gasteiger partial charge in [-0.3, -0.25) is 4.99 Å². The second-order valence-corrected chi connectivity index (χ2v) is 5.85. The maximum atomic E-state index is 11.1. The summed E-state index contributed by atoms with van der Waals surface area (Å²) in [6.07, 6.45) is 3.58. The number of aromatic carboxylic acids is 1. The van der Waals surface area contributed by atoms with E-state index in [0.717, 1.165) is 11.4 Å². The Balaban J connectivity index is 1.91. The predicted molar refractivity (Wildman–Crippen MR) is 96.4 cm³/mol. The monoisotopic (exact) mass is 358 g/mol. The van der Waals surface area contributed by atoms with Crippen LogP contribution in [0.1, 0.15) is 16.1 Å². The van der Waals surface area contributed by atoms with E-state index in [1.807, 2.05) is 47.2 Å². The number of halogens is 2. The highest BCUT2D eigenvalue weighted by Crippen LogP contribution is 2.23. The average molecular weight is 359 g/mol. The van der Waals surface area contributed by atoms with Gasteiger partial charge >= 0.3 is 5.97 Å². The molecule has 1 aromatic heterocycles. The first-order valence-corrected chi connectivity index (χ1v) is 7.80. The smallest absolute Gasteiger partial charge is 0.337 e. The Kier molecular flexibility index (Phi) is 4.69. The minimum Gasteiger partial charge on any atom is -0.478 e. The molecule has 0 aliphatic heterocycles. The zero-order chi connectivity index (χ0) is 17.1. The van der Waals surface area contributed by atoms with Gasteiger partial charge < -0.3 is 9.67 Å². The summed E-state index contributed by atoms with van der Waals surface area (Å²) in [6.45, 7) is 0. The van der Waals surface area contributed by atoms with Crippen molar-refractivity contribution in [3.05, 3.63) is 82.1 Å². The van der Waals surface area contributed by atoms with Crippen LogP contribution in [0.3, 0.4) is 0 Å². The summed E-state index contributed by atoms with van der Waals surface area (Å²) in [4.78, 5) is 15.5. The topological polar surface area (TPSA) is 54.6 Å². The van der Waals surface area contributed by atoms with Crippen LogP contribution in [0.2, 0.25) is 10.0 Å². The lowest BCUT2D eigenvalue weighted by Crippen LogP contribution is -1.98. The summed E-state index contributed by atoms with van der Waals surface area (Å²) in [5.74, 6) is -1.08. The molecule has 0 radical (unpaired) electrons. The first-order valence-electron chi connectivity index (χ1n) is 7.05. The Bertz CT molecular complexity index is 915. The first-order chi connectivity index (χ1) is 11.5. The third-order valence-electron chi connectivity index (χ3n) is 3.41. The normalized spacial score (nSPS) is 11.1. The van der Waals surface area contributed by atoms with E-state index in [1.54, 1.807) is 12.3 Å². The van der Waals surface area contributed by atoms with E-state index in [1.165, 1.54) is 12.1 Å². The number of nitrogens with zero attached hydrogens (tertiary/aromatic N) is 2. The number of aliphatic imine (C=N–C) groups is 1. The summed E-state index contributed by atoms with van der Waals surface area (Å²) >= 11 is 11.8. The van der Waals surface area contributed by atoms with Crippen LogP contribution in [0.15, 0.2) is 65.8 Å². The van der Waals surface area contributed by atoms with E-state index in [0.29, 0.717) is 10.7 Å². The molecule has 0 saturated heterocycles. The molecule has 2 aromatic carbocycles. The van der Waals surface area contributed by atoms with E-state index < -0.39 is 5.97 Å². The lowest BCUT2D eigenvalue weighted by atomic mass is 10.2. The highest BCUT2D eigenvalue weighted by Gasteiger charge is 2.09. The summed E-state index contributed by atoms with van der Waals surface area (Å²) in [5, 5.41) is 9.96. The number of hydrogen-bond acceptors (Lipinski definition) is 2. The maximum Gasteiger partial charge on any atom is 0.337 e. The Morgan fingerprint density at radius 1 is 1.08 bits per heavy atom. The van der Waals surface area contributed by atoms with Crippen molar-refractivity contribution in [1.29, 1.82) is 0 Å². The Hall–Kier alpha value is -2.56. The number of hydrogen-bond donors (Lipinski definition) is 1. The van der Waals surface area contributed by atoms with Crippen molar-refractivity contribution in [2.45, 2.75) is 0 Å². The molecule has 24 heavy (non-hydrogen) atoms. The van der Waals surface area contributed by atoms with Crippen molar-refractivity contribution in [3.8, 4) is 5.69 Å². The highest BCUT2D eigenvalue weighted by molar-refractivity contribution is 6.33. The van der Waals surface area contributed by atoms with E-state index in [-0.39, 0.29) is 10.6 Å². The molecular formula is C18H12Cl2N2O2. The van der Waals surface area contributed by atoms with Crippen LogP contribution in [0.4, 0.5) is 5.69 Å². The largest absolute Gasteiger partial charge is 0.478 e. The second-order valence-electron chi connectivity index (χ2n) is 5.01. The number of carbonyl (C=O) groups is 1. The van der Waals surface area contributed by atoms with Crippen LogP contribution in [-0.2, 0) is 0 Å². The van der Waals surface area contributed by atoms with Crippen LogP contribution < -0.4 is 0 Å². The number of aromatic nitrogens is 1. The van der Waals surface area contributed by atoms with Crippen LogP contribution >= 0.6 is 23.2 Å². The van der Waals surface area contributed by atoms with Crippen LogP contribution in [0, 0.1) is 0 Å². The van der Waals surface area contributed by atoms with Crippen molar-refractivity contribution in [2.24, 2.45) is 4.99 Å². The van der Waals surface area contributed by atoms with Gasteiger partial charge in [0.2, 0.25) is 0 Å². The SMILES string of the molecule is O=C(O)c1cc(N=Cc2cccn2-c2ccc(Cl)cc2)ccc1Cl. The van der Waals surface area contributed by atoms with Crippen molar-refractivity contribution in [3.63, 3.8) is 0 Å². The molecule has 1 heterocycles. The van der Waals surface area contributed by atoms with Crippen LogP contribution in [-0.4, -0.2) is 21.9 Å². The quantitative estimate of drug-likeness (QED) is 0.648. The van der Waals surface area contributed by atoms with Gasteiger partial charge in [0, 0.05) is 16.9 Å². The summed E-state index contributed by atoms with van der Waals surface area (Å²) < 4.78 is 1.95. The summed E-state index contributed by atoms with van der Waals surface area (Å²) in [6, 6.07) is 15.9. The fraction of sp³-hybridized carbons (Fsp3) is 0. The third-order valence-corrected chi connectivity index (χ3v) is 3.99. The van der Waals surface area contributed by atoms with Gasteiger partial charge in [-0.15, -0.1) is 0 Å². The molecule has 120 valence electrons. The van der Waals surface area contributed by atoms with Crippen molar-refractivity contribution in [1.82, 2.24) is 4.57 Å². The van der Waals surface area contributed by atoms with Gasteiger partial charge in [-0.25, -0.2) is 4.79 Å². The molecule has 0 amide bonds. The standard InChI is InChI=1S/C18H12Cl2N2O2/c19-12-3-6-14(7-4-12)22-9-1-2-15(22)11-21-13-5-8-17(20)16(10-13)18(23)24/h1-11H,(H,23,24). The lowest BCUT2D eigenvalue weighted by Gasteiger charge is -2.06. The molecule has 4 nitrogen and oxygen atoms in total. The summed E-state index contributed by atoms with van der Waals surface area (Å²) in [5.41, 5.74) is 2.34. The van der Waals surface area contributed by atoms with Gasteiger partial charge in [-0.2, -0.15) is 0 Å². The molecule has 0 spiro atoms. The van der Waals surface area contributed by atoms with Gasteiger partial charge in [0.05, 0.1) is 28.2 Å². The molecule has 3 aromatic rings. The zero-order valence-corrected chi connectivity index (χ0v) is 13.9. The molecule has 0 atom stereocenters. The fourth-order valence-corrected chi connectivity index (χ4v) is 2.56. The molecule has 0 saturated carbocycles. The lowest BCUT2D eigenvalue weighted by molar-refractivity contribution is 0.0697. The molecule has 0 aliphatic carbocycles. The number of carboxylic acids is 1. The van der Waals surface area contributed by atoms with Crippen LogP contribution in [0.5, 0.6) is 0 Å². The second kappa shape index (κ2) is 6.91. The Morgan fingerprint density at radius 3 is 2.54 bits per heavy atom. The van der Waals surface area contributed by atoms with E-state index in [4.69, 9.17) is 28.3 Å². The fourth-order valence-electron chi connectivity index (χ4n) is 2.23. The third kappa shape index (κ3) is 3.50. The molecule has 3 rings (SSSR count). The van der Waals surface area contributed by atoms with E-state index >= 15 is 0 Å². The van der Waals surface area contributed by atoms with Crippen molar-refractivity contribution < 1.29 is 9.90 Å². The van der Waals surface area contributed by atoms with Gasteiger partial charge in [0.15, 0.2) is 0 Å². The van der Waals surface area contributed by atoms with Gasteiger partial charge in [0.25, 0.3) is 0 Å². The van der Waals surface area contributed by atoms with Crippen molar-refractivity contribution in [2.75, 3.05) is 0 Å². The van der Waals surface area contributed by atoms with Crippen molar-refractivity contribution >= 4 is 41.1 Å². The Morgan fingerprint density at radius 2 is 1.83 bits per heavy atom. The first kappa shape index (κ1) is 16.3. The molecule has 0 unspecified atom stereocenters. The zero-order valence-electron chi connectivity index (χ0n) is 12.4. The molecule has 6 heteroatoms. The molecular weight excluding hydrogens is 347 g/mol.